The van der Waals surface area contributed by atoms with Crippen LogP contribution < -0.4 is 10.5 Å². The predicted molar refractivity (Wildman–Crippen MR) is 67.1 cm³/mol. The number of ether oxygens (including phenoxy) is 1. The van der Waals surface area contributed by atoms with Gasteiger partial charge in [-0.25, -0.2) is 0 Å². The fraction of sp³-hybridized carbons (Fsp3) is 0.385. The van der Waals surface area contributed by atoms with Crippen molar-refractivity contribution in [3.05, 3.63) is 41.0 Å². The molecule has 2 rings (SSSR count). The molecule has 0 aliphatic heterocycles. The third-order valence-corrected chi connectivity index (χ3v) is 2.58. The Hall–Kier alpha value is -1.88. The Kier molecular flexibility index (Phi) is 3.62. The van der Waals surface area contributed by atoms with Gasteiger partial charge in [-0.1, -0.05) is 22.9 Å². The molecule has 18 heavy (non-hydrogen) atoms. The zero-order chi connectivity index (χ0) is 13.1. The Balaban J connectivity index is 2.13. The highest BCUT2D eigenvalue weighted by atomic mass is 16.5. The molecule has 0 amide bonds. The first-order chi connectivity index (χ1) is 8.56. The quantitative estimate of drug-likeness (QED) is 0.897. The third-order valence-electron chi connectivity index (χ3n) is 2.58. The van der Waals surface area contributed by atoms with Crippen molar-refractivity contribution in [2.24, 2.45) is 5.73 Å². The normalized spacial score (nSPS) is 12.4. The largest absolute Gasteiger partial charge is 0.483 e. The van der Waals surface area contributed by atoms with Gasteiger partial charge in [0.25, 0.3) is 5.89 Å². The van der Waals surface area contributed by atoms with E-state index in [1.165, 1.54) is 0 Å². The number of hydrogen-bond donors (Lipinski definition) is 1. The second-order valence-corrected chi connectivity index (χ2v) is 4.35. The molecule has 2 aromatic rings. The molecule has 0 aliphatic carbocycles. The van der Waals surface area contributed by atoms with Gasteiger partial charge in [0.1, 0.15) is 5.75 Å². The van der Waals surface area contributed by atoms with Crippen molar-refractivity contribution in [1.82, 2.24) is 10.1 Å². The number of nitrogens with two attached hydrogens (primary N) is 1. The first-order valence-electron chi connectivity index (χ1n) is 5.84. The van der Waals surface area contributed by atoms with Crippen molar-refractivity contribution in [3.8, 4) is 5.75 Å². The van der Waals surface area contributed by atoms with Crippen LogP contribution in [0.1, 0.15) is 35.8 Å². The molecule has 2 N–H and O–H groups in total. The average molecular weight is 247 g/mol. The first kappa shape index (κ1) is 12.6. The Morgan fingerprint density at radius 3 is 2.78 bits per heavy atom. The summed E-state index contributed by atoms with van der Waals surface area (Å²) in [7, 11) is 0. The highest BCUT2D eigenvalue weighted by molar-refractivity contribution is 5.38. The lowest BCUT2D eigenvalue weighted by molar-refractivity contribution is 0.240. The number of nitrogens with zero attached hydrogens (tertiary/aromatic N) is 2. The van der Waals surface area contributed by atoms with Gasteiger partial charge in [-0.15, -0.1) is 0 Å². The molecule has 0 saturated carbocycles. The topological polar surface area (TPSA) is 74.2 Å². The van der Waals surface area contributed by atoms with Crippen LogP contribution in [0.4, 0.5) is 0 Å². The van der Waals surface area contributed by atoms with Crippen molar-refractivity contribution >= 4 is 0 Å². The van der Waals surface area contributed by atoms with E-state index in [0.717, 1.165) is 16.9 Å². The Morgan fingerprint density at radius 1 is 1.39 bits per heavy atom. The van der Waals surface area contributed by atoms with E-state index >= 15 is 0 Å². The van der Waals surface area contributed by atoms with E-state index in [1.54, 1.807) is 6.92 Å². The minimum Gasteiger partial charge on any atom is -0.483 e. The van der Waals surface area contributed by atoms with Gasteiger partial charge in [0.15, 0.2) is 12.4 Å². The lowest BCUT2D eigenvalue weighted by Crippen LogP contribution is -2.08. The van der Waals surface area contributed by atoms with Crippen molar-refractivity contribution in [3.63, 3.8) is 0 Å². The lowest BCUT2D eigenvalue weighted by atomic mass is 10.1. The van der Waals surface area contributed by atoms with Crippen LogP contribution in [0.15, 0.2) is 22.7 Å². The van der Waals surface area contributed by atoms with Crippen LogP contribution in [-0.2, 0) is 6.61 Å². The van der Waals surface area contributed by atoms with Crippen molar-refractivity contribution < 1.29 is 9.26 Å². The SMILES string of the molecule is Cc1ccc(OCc2nc(C)no2)c([C@H](C)N)c1. The van der Waals surface area contributed by atoms with Crippen molar-refractivity contribution in [2.75, 3.05) is 0 Å². The summed E-state index contributed by atoms with van der Waals surface area (Å²) < 4.78 is 10.7. The summed E-state index contributed by atoms with van der Waals surface area (Å²) in [6.45, 7) is 5.98. The number of hydrogen-bond acceptors (Lipinski definition) is 5. The van der Waals surface area contributed by atoms with Crippen LogP contribution in [0.2, 0.25) is 0 Å². The molecule has 0 saturated heterocycles. The summed E-state index contributed by atoms with van der Waals surface area (Å²) in [6.07, 6.45) is 0. The maximum atomic E-state index is 5.93. The molecule has 0 unspecified atom stereocenters. The Labute approximate surface area is 106 Å². The van der Waals surface area contributed by atoms with Gasteiger partial charge in [0.2, 0.25) is 0 Å². The molecular formula is C13H17N3O2. The van der Waals surface area contributed by atoms with E-state index in [-0.39, 0.29) is 12.6 Å². The maximum absolute atomic E-state index is 5.93. The van der Waals surface area contributed by atoms with E-state index in [4.69, 9.17) is 15.0 Å². The maximum Gasteiger partial charge on any atom is 0.264 e. The van der Waals surface area contributed by atoms with E-state index in [2.05, 4.69) is 10.1 Å². The molecule has 0 aliphatic rings. The molecule has 1 heterocycles. The summed E-state index contributed by atoms with van der Waals surface area (Å²) in [5, 5.41) is 3.71. The van der Waals surface area contributed by atoms with Gasteiger partial charge in [-0.3, -0.25) is 0 Å². The summed E-state index contributed by atoms with van der Waals surface area (Å²) in [5.41, 5.74) is 8.06. The molecule has 1 aromatic carbocycles. The van der Waals surface area contributed by atoms with Gasteiger partial charge < -0.3 is 15.0 Å². The van der Waals surface area contributed by atoms with Gasteiger partial charge in [0.05, 0.1) is 0 Å². The highest BCUT2D eigenvalue weighted by Crippen LogP contribution is 2.25. The molecule has 0 bridgehead atoms. The zero-order valence-corrected chi connectivity index (χ0v) is 10.8. The molecule has 1 aromatic heterocycles. The molecule has 0 spiro atoms. The predicted octanol–water partition coefficient (Wildman–Crippen LogP) is 2.29. The van der Waals surface area contributed by atoms with Crippen molar-refractivity contribution in [1.29, 1.82) is 0 Å². The van der Waals surface area contributed by atoms with Crippen LogP contribution in [0.5, 0.6) is 5.75 Å². The second-order valence-electron chi connectivity index (χ2n) is 4.35. The molecule has 1 atom stereocenters. The smallest absolute Gasteiger partial charge is 0.264 e. The molecule has 5 nitrogen and oxygen atoms in total. The highest BCUT2D eigenvalue weighted by Gasteiger charge is 2.10. The van der Waals surface area contributed by atoms with Crippen molar-refractivity contribution in [2.45, 2.75) is 33.4 Å². The number of aryl methyl sites for hydroxylation is 2. The number of benzene rings is 1. The lowest BCUT2D eigenvalue weighted by Gasteiger charge is -2.13. The van der Waals surface area contributed by atoms with Crippen LogP contribution >= 0.6 is 0 Å². The Morgan fingerprint density at radius 2 is 2.17 bits per heavy atom. The molecule has 5 heteroatoms. The van der Waals surface area contributed by atoms with Gasteiger partial charge in [0, 0.05) is 11.6 Å². The van der Waals surface area contributed by atoms with Crippen LogP contribution in [0.25, 0.3) is 0 Å². The average Bonchev–Trinajstić information content (AvgIpc) is 2.73. The molecule has 0 fully saturated rings. The van der Waals surface area contributed by atoms with E-state index in [1.807, 2.05) is 32.0 Å². The third kappa shape index (κ3) is 2.87. The van der Waals surface area contributed by atoms with E-state index < -0.39 is 0 Å². The summed E-state index contributed by atoms with van der Waals surface area (Å²) in [5.74, 6) is 1.82. The van der Waals surface area contributed by atoms with Crippen LogP contribution in [0.3, 0.4) is 0 Å². The second kappa shape index (κ2) is 5.18. The standard InChI is InChI=1S/C13H17N3O2/c1-8-4-5-12(11(6-8)9(2)14)17-7-13-15-10(3)16-18-13/h4-6,9H,7,14H2,1-3H3/t9-/m0/s1. The molecule has 96 valence electrons. The van der Waals surface area contributed by atoms with Crippen LogP contribution in [0, 0.1) is 13.8 Å². The fourth-order valence-electron chi connectivity index (χ4n) is 1.69. The monoisotopic (exact) mass is 247 g/mol. The fourth-order valence-corrected chi connectivity index (χ4v) is 1.69. The minimum absolute atomic E-state index is 0.0793. The minimum atomic E-state index is -0.0793. The Bertz CT molecular complexity index is 535. The van der Waals surface area contributed by atoms with Gasteiger partial charge in [-0.05, 0) is 26.8 Å². The van der Waals surface area contributed by atoms with Gasteiger partial charge >= 0.3 is 0 Å². The summed E-state index contributed by atoms with van der Waals surface area (Å²) in [6, 6.07) is 5.85. The van der Waals surface area contributed by atoms with Crippen LogP contribution in [-0.4, -0.2) is 10.1 Å². The number of aromatic nitrogens is 2. The molecular weight excluding hydrogens is 230 g/mol. The molecule has 0 radical (unpaired) electrons. The zero-order valence-electron chi connectivity index (χ0n) is 10.8. The number of rotatable bonds is 4. The summed E-state index contributed by atoms with van der Waals surface area (Å²) >= 11 is 0. The van der Waals surface area contributed by atoms with E-state index in [9.17, 15) is 0 Å². The van der Waals surface area contributed by atoms with Gasteiger partial charge in [-0.2, -0.15) is 4.98 Å². The summed E-state index contributed by atoms with van der Waals surface area (Å²) in [4.78, 5) is 4.08. The van der Waals surface area contributed by atoms with E-state index in [0.29, 0.717) is 11.7 Å². The first-order valence-corrected chi connectivity index (χ1v) is 5.84.